The summed E-state index contributed by atoms with van der Waals surface area (Å²) in [5, 5.41) is 0.447. The molecule has 1 aromatic rings. The lowest BCUT2D eigenvalue weighted by Crippen LogP contribution is -2.46. The molecule has 0 amide bonds. The van der Waals surface area contributed by atoms with Crippen LogP contribution in [0.25, 0.3) is 0 Å². The summed E-state index contributed by atoms with van der Waals surface area (Å²) < 4.78 is 12.1. The number of hydrogen-bond donors (Lipinski definition) is 0. The van der Waals surface area contributed by atoms with Crippen molar-refractivity contribution in [3.8, 4) is 5.75 Å². The van der Waals surface area contributed by atoms with E-state index < -0.39 is 0 Å². The van der Waals surface area contributed by atoms with Crippen molar-refractivity contribution in [1.29, 1.82) is 0 Å². The maximum Gasteiger partial charge on any atom is 0.171 e. The summed E-state index contributed by atoms with van der Waals surface area (Å²) in [5.74, 6) is 3.08. The van der Waals surface area contributed by atoms with Gasteiger partial charge in [0.1, 0.15) is 6.10 Å². The maximum absolute atomic E-state index is 6.06. The van der Waals surface area contributed by atoms with Crippen molar-refractivity contribution >= 4 is 23.4 Å². The summed E-state index contributed by atoms with van der Waals surface area (Å²) in [5.41, 5.74) is 0.0445. The summed E-state index contributed by atoms with van der Waals surface area (Å²) in [4.78, 5) is 4.05. The van der Waals surface area contributed by atoms with Gasteiger partial charge < -0.3 is 9.47 Å². The third-order valence-electron chi connectivity index (χ3n) is 3.87. The Labute approximate surface area is 123 Å². The van der Waals surface area contributed by atoms with E-state index in [-0.39, 0.29) is 11.7 Å². The van der Waals surface area contributed by atoms with Crippen molar-refractivity contribution in [2.24, 2.45) is 0 Å². The molecule has 104 valence electrons. The van der Waals surface area contributed by atoms with Gasteiger partial charge in [0.2, 0.25) is 0 Å². The molecule has 0 aromatic carbocycles. The third-order valence-corrected chi connectivity index (χ3v) is 5.14. The van der Waals surface area contributed by atoms with Crippen molar-refractivity contribution < 1.29 is 9.47 Å². The fourth-order valence-corrected chi connectivity index (χ4v) is 4.21. The highest BCUT2D eigenvalue weighted by Crippen LogP contribution is 2.39. The summed E-state index contributed by atoms with van der Waals surface area (Å²) in [7, 11) is 0. The van der Waals surface area contributed by atoms with Gasteiger partial charge in [-0.1, -0.05) is 11.6 Å². The Morgan fingerprint density at radius 3 is 3.05 bits per heavy atom. The molecule has 0 aliphatic carbocycles. The van der Waals surface area contributed by atoms with Crippen LogP contribution in [0, 0.1) is 0 Å². The van der Waals surface area contributed by atoms with E-state index in [1.54, 1.807) is 6.20 Å². The fraction of sp³-hybridized carbons (Fsp3) is 0.643. The van der Waals surface area contributed by atoms with Crippen molar-refractivity contribution in [2.75, 3.05) is 18.1 Å². The van der Waals surface area contributed by atoms with Crippen molar-refractivity contribution in [3.63, 3.8) is 0 Å². The van der Waals surface area contributed by atoms with E-state index in [1.165, 1.54) is 11.5 Å². The first-order valence-corrected chi connectivity index (χ1v) is 8.30. The molecular formula is C14H18ClNO2S. The summed E-state index contributed by atoms with van der Waals surface area (Å²) >= 11 is 8.07. The molecule has 2 aliphatic rings. The van der Waals surface area contributed by atoms with E-state index in [9.17, 15) is 0 Å². The average Bonchev–Trinajstić information content (AvgIpc) is 2.42. The van der Waals surface area contributed by atoms with Gasteiger partial charge in [-0.3, -0.25) is 0 Å². The van der Waals surface area contributed by atoms with Gasteiger partial charge in [0.25, 0.3) is 0 Å². The molecule has 0 radical (unpaired) electrons. The average molecular weight is 300 g/mol. The van der Waals surface area contributed by atoms with Crippen LogP contribution in [0.1, 0.15) is 25.7 Å². The van der Waals surface area contributed by atoms with Crippen LogP contribution in [-0.4, -0.2) is 34.8 Å². The molecule has 2 aliphatic heterocycles. The second kappa shape index (κ2) is 5.90. The van der Waals surface area contributed by atoms with Crippen LogP contribution in [0.5, 0.6) is 5.75 Å². The molecule has 1 spiro atoms. The lowest BCUT2D eigenvalue weighted by molar-refractivity contribution is -0.116. The monoisotopic (exact) mass is 299 g/mol. The highest BCUT2D eigenvalue weighted by atomic mass is 35.5. The van der Waals surface area contributed by atoms with Crippen molar-refractivity contribution in [1.82, 2.24) is 4.98 Å². The number of hydrogen-bond acceptors (Lipinski definition) is 4. The lowest BCUT2D eigenvalue weighted by atomic mass is 9.86. The molecule has 0 N–H and O–H groups in total. The van der Waals surface area contributed by atoms with Crippen LogP contribution in [0.4, 0.5) is 0 Å². The van der Waals surface area contributed by atoms with E-state index >= 15 is 0 Å². The van der Waals surface area contributed by atoms with Gasteiger partial charge in [-0.2, -0.15) is 11.8 Å². The normalized spacial score (nSPS) is 26.3. The molecule has 0 saturated carbocycles. The molecule has 3 rings (SSSR count). The zero-order chi connectivity index (χ0) is 13.1. The number of rotatable bonds is 2. The standard InChI is InChI=1S/C14H18ClNO2S/c15-13-12(2-1-6-16-13)18-11-3-7-17-14(10-11)4-8-19-9-5-14/h1-2,6,11H,3-5,7-10H2. The van der Waals surface area contributed by atoms with Gasteiger partial charge in [0, 0.05) is 19.0 Å². The number of aromatic nitrogens is 1. The number of ether oxygens (including phenoxy) is 2. The molecule has 1 atom stereocenters. The van der Waals surface area contributed by atoms with Crippen LogP contribution >= 0.6 is 23.4 Å². The minimum Gasteiger partial charge on any atom is -0.487 e. The molecule has 2 fully saturated rings. The topological polar surface area (TPSA) is 31.4 Å². The molecule has 0 bridgehead atoms. The number of halogens is 1. The fourth-order valence-electron chi connectivity index (χ4n) is 2.81. The maximum atomic E-state index is 6.06. The lowest BCUT2D eigenvalue weighted by Gasteiger charge is -2.43. The van der Waals surface area contributed by atoms with Crippen LogP contribution < -0.4 is 4.74 Å². The highest BCUT2D eigenvalue weighted by molar-refractivity contribution is 7.99. The Kier molecular flexibility index (Phi) is 4.20. The predicted molar refractivity (Wildman–Crippen MR) is 78.1 cm³/mol. The van der Waals surface area contributed by atoms with Crippen molar-refractivity contribution in [3.05, 3.63) is 23.5 Å². The summed E-state index contributed by atoms with van der Waals surface area (Å²) in [6.45, 7) is 0.785. The minimum atomic E-state index is 0.0445. The van der Waals surface area contributed by atoms with Crippen LogP contribution in [0.15, 0.2) is 18.3 Å². The van der Waals surface area contributed by atoms with Gasteiger partial charge in [-0.05, 0) is 36.5 Å². The second-order valence-corrected chi connectivity index (χ2v) is 6.75. The van der Waals surface area contributed by atoms with Gasteiger partial charge in [0.05, 0.1) is 12.2 Å². The molecule has 3 heterocycles. The Morgan fingerprint density at radius 2 is 2.26 bits per heavy atom. The zero-order valence-electron chi connectivity index (χ0n) is 10.8. The molecule has 19 heavy (non-hydrogen) atoms. The van der Waals surface area contributed by atoms with Crippen LogP contribution in [0.3, 0.4) is 0 Å². The first-order chi connectivity index (χ1) is 9.27. The molecule has 1 aromatic heterocycles. The van der Waals surface area contributed by atoms with E-state index in [1.807, 2.05) is 23.9 Å². The SMILES string of the molecule is Clc1ncccc1OC1CCOC2(CCSCC2)C1. The van der Waals surface area contributed by atoms with Gasteiger partial charge >= 0.3 is 0 Å². The Bertz CT molecular complexity index is 432. The van der Waals surface area contributed by atoms with Crippen LogP contribution in [-0.2, 0) is 4.74 Å². The Hall–Kier alpha value is -0.450. The Morgan fingerprint density at radius 1 is 1.42 bits per heavy atom. The quantitative estimate of drug-likeness (QED) is 0.782. The highest BCUT2D eigenvalue weighted by Gasteiger charge is 2.39. The van der Waals surface area contributed by atoms with E-state index in [0.29, 0.717) is 10.9 Å². The molecule has 5 heteroatoms. The summed E-state index contributed by atoms with van der Waals surface area (Å²) in [6, 6.07) is 3.74. The summed E-state index contributed by atoms with van der Waals surface area (Å²) in [6.07, 6.45) is 6.05. The van der Waals surface area contributed by atoms with E-state index in [4.69, 9.17) is 21.1 Å². The molecule has 3 nitrogen and oxygen atoms in total. The molecule has 1 unspecified atom stereocenters. The molecular weight excluding hydrogens is 282 g/mol. The van der Waals surface area contributed by atoms with Crippen molar-refractivity contribution in [2.45, 2.75) is 37.4 Å². The number of nitrogens with zero attached hydrogens (tertiary/aromatic N) is 1. The number of pyridine rings is 1. The van der Waals surface area contributed by atoms with E-state index in [2.05, 4.69) is 4.98 Å². The third kappa shape index (κ3) is 3.18. The van der Waals surface area contributed by atoms with Gasteiger partial charge in [-0.25, -0.2) is 4.98 Å². The first kappa shape index (κ1) is 13.5. The van der Waals surface area contributed by atoms with E-state index in [0.717, 1.165) is 32.3 Å². The first-order valence-electron chi connectivity index (χ1n) is 6.76. The smallest absolute Gasteiger partial charge is 0.171 e. The zero-order valence-corrected chi connectivity index (χ0v) is 12.4. The van der Waals surface area contributed by atoms with Gasteiger partial charge in [-0.15, -0.1) is 0 Å². The van der Waals surface area contributed by atoms with Gasteiger partial charge in [0.15, 0.2) is 10.9 Å². The largest absolute Gasteiger partial charge is 0.487 e. The molecule has 2 saturated heterocycles. The van der Waals surface area contributed by atoms with Crippen LogP contribution in [0.2, 0.25) is 5.15 Å². The predicted octanol–water partition coefficient (Wildman–Crippen LogP) is 3.56. The minimum absolute atomic E-state index is 0.0445. The number of thioether (sulfide) groups is 1. The Balaban J connectivity index is 1.67. The second-order valence-electron chi connectivity index (χ2n) is 5.17.